The zero-order valence-corrected chi connectivity index (χ0v) is 17.2. The van der Waals surface area contributed by atoms with Gasteiger partial charge in [-0.1, -0.05) is 13.0 Å². The van der Waals surface area contributed by atoms with E-state index in [1.165, 1.54) is 4.88 Å². The Kier molecular flexibility index (Phi) is 7.83. The number of amides is 1. The van der Waals surface area contributed by atoms with E-state index in [4.69, 9.17) is 4.99 Å². The van der Waals surface area contributed by atoms with Gasteiger partial charge in [-0.25, -0.2) is 4.99 Å². The highest BCUT2D eigenvalue weighted by molar-refractivity contribution is 7.09. The Labute approximate surface area is 170 Å². The number of carbonyl (C=O) groups is 1. The first-order valence-corrected chi connectivity index (χ1v) is 10.8. The molecule has 28 heavy (non-hydrogen) atoms. The zero-order chi connectivity index (χ0) is 19.6. The van der Waals surface area contributed by atoms with Crippen molar-refractivity contribution in [2.75, 3.05) is 26.2 Å². The van der Waals surface area contributed by atoms with Crippen LogP contribution in [0.1, 0.15) is 36.9 Å². The average molecular weight is 404 g/mol. The van der Waals surface area contributed by atoms with Gasteiger partial charge in [0.1, 0.15) is 12.2 Å². The first kappa shape index (κ1) is 20.3. The molecule has 0 saturated carbocycles. The molecule has 0 atom stereocenters. The van der Waals surface area contributed by atoms with Crippen LogP contribution in [-0.4, -0.2) is 57.7 Å². The number of guanidine groups is 1. The third-order valence-corrected chi connectivity index (χ3v) is 5.56. The van der Waals surface area contributed by atoms with Gasteiger partial charge in [0.05, 0.1) is 6.54 Å². The van der Waals surface area contributed by atoms with Crippen molar-refractivity contribution < 1.29 is 4.79 Å². The lowest BCUT2D eigenvalue weighted by molar-refractivity contribution is -0.127. The average Bonchev–Trinajstić information content (AvgIpc) is 3.45. The van der Waals surface area contributed by atoms with Gasteiger partial charge in [-0.2, -0.15) is 0 Å². The number of nitrogens with one attached hydrogen (secondary N) is 2. The number of aliphatic imine (C=N–C) groups is 1. The molecule has 0 radical (unpaired) electrons. The molecule has 1 aliphatic heterocycles. The number of nitrogens with zero attached hydrogens (tertiary/aromatic N) is 5. The monoisotopic (exact) mass is 403 g/mol. The largest absolute Gasteiger partial charge is 0.356 e. The van der Waals surface area contributed by atoms with Gasteiger partial charge in [0, 0.05) is 50.4 Å². The molecule has 0 unspecified atom stereocenters. The van der Waals surface area contributed by atoms with Crippen molar-refractivity contribution in [3.05, 3.63) is 34.5 Å². The predicted octanol–water partition coefficient (Wildman–Crippen LogP) is 1.65. The molecule has 152 valence electrons. The predicted molar refractivity (Wildman–Crippen MR) is 111 cm³/mol. The van der Waals surface area contributed by atoms with Crippen molar-refractivity contribution in [1.29, 1.82) is 0 Å². The Morgan fingerprint density at radius 3 is 2.96 bits per heavy atom. The molecule has 1 saturated heterocycles. The van der Waals surface area contributed by atoms with Crippen LogP contribution in [0.15, 0.2) is 28.8 Å². The van der Waals surface area contributed by atoms with Crippen molar-refractivity contribution in [2.24, 2.45) is 4.99 Å². The molecule has 2 aromatic rings. The lowest BCUT2D eigenvalue weighted by atomic mass is 10.4. The number of rotatable bonds is 10. The van der Waals surface area contributed by atoms with Crippen molar-refractivity contribution >= 4 is 23.2 Å². The topological polar surface area (TPSA) is 87.4 Å². The molecule has 3 rings (SSSR count). The van der Waals surface area contributed by atoms with Crippen LogP contribution in [0.3, 0.4) is 0 Å². The fourth-order valence-corrected chi connectivity index (χ4v) is 3.81. The maximum absolute atomic E-state index is 11.7. The van der Waals surface area contributed by atoms with Gasteiger partial charge < -0.3 is 20.1 Å². The molecular weight excluding hydrogens is 374 g/mol. The Morgan fingerprint density at radius 2 is 2.21 bits per heavy atom. The molecule has 1 fully saturated rings. The van der Waals surface area contributed by atoms with E-state index in [0.717, 1.165) is 63.8 Å². The quantitative estimate of drug-likeness (QED) is 0.358. The first-order chi connectivity index (χ1) is 13.8. The summed E-state index contributed by atoms with van der Waals surface area (Å²) in [5, 5.41) is 16.9. The molecule has 3 heterocycles. The second kappa shape index (κ2) is 10.8. The summed E-state index contributed by atoms with van der Waals surface area (Å²) in [5.41, 5.74) is 0. The Morgan fingerprint density at radius 1 is 1.32 bits per heavy atom. The molecular formula is C19H29N7OS. The van der Waals surface area contributed by atoms with Crippen LogP contribution in [0.25, 0.3) is 0 Å². The lowest BCUT2D eigenvalue weighted by Crippen LogP contribution is -2.40. The fourth-order valence-electron chi connectivity index (χ4n) is 3.19. The molecule has 8 nitrogen and oxygen atoms in total. The second-order valence-electron chi connectivity index (χ2n) is 6.73. The van der Waals surface area contributed by atoms with Crippen molar-refractivity contribution in [2.45, 2.75) is 45.7 Å². The highest BCUT2D eigenvalue weighted by Crippen LogP contribution is 2.10. The lowest BCUT2D eigenvalue weighted by Gasteiger charge is -2.17. The normalized spacial score (nSPS) is 14.7. The molecule has 0 aromatic carbocycles. The van der Waals surface area contributed by atoms with Gasteiger partial charge >= 0.3 is 0 Å². The van der Waals surface area contributed by atoms with E-state index in [-0.39, 0.29) is 5.91 Å². The van der Waals surface area contributed by atoms with E-state index < -0.39 is 0 Å². The highest BCUT2D eigenvalue weighted by Gasteiger charge is 2.18. The number of aryl methyl sites for hydroxylation is 1. The first-order valence-electron chi connectivity index (χ1n) is 9.95. The summed E-state index contributed by atoms with van der Waals surface area (Å²) in [5.74, 6) is 2.07. The van der Waals surface area contributed by atoms with Crippen molar-refractivity contribution in [1.82, 2.24) is 30.3 Å². The summed E-state index contributed by atoms with van der Waals surface area (Å²) in [7, 11) is 0. The van der Waals surface area contributed by atoms with Crippen LogP contribution in [0.4, 0.5) is 0 Å². The number of aromatic nitrogens is 3. The summed E-state index contributed by atoms with van der Waals surface area (Å²) in [6, 6.07) is 4.14. The fraction of sp³-hybridized carbons (Fsp3) is 0.579. The van der Waals surface area contributed by atoms with Crippen LogP contribution >= 0.6 is 11.3 Å². The van der Waals surface area contributed by atoms with Crippen LogP contribution in [0.5, 0.6) is 0 Å². The minimum absolute atomic E-state index is 0.283. The molecule has 1 amide bonds. The SMILES string of the molecule is CCc1nncn1CCNC(=NCc1cccs1)NCCCN1CCCC1=O. The molecule has 0 spiro atoms. The minimum Gasteiger partial charge on any atom is -0.356 e. The van der Waals surface area contributed by atoms with Crippen molar-refractivity contribution in [3.8, 4) is 0 Å². The van der Waals surface area contributed by atoms with Gasteiger partial charge in [-0.05, 0) is 24.3 Å². The third-order valence-electron chi connectivity index (χ3n) is 4.70. The van der Waals surface area contributed by atoms with Crippen molar-refractivity contribution in [3.63, 3.8) is 0 Å². The number of hydrogen-bond acceptors (Lipinski definition) is 5. The summed E-state index contributed by atoms with van der Waals surface area (Å²) in [4.78, 5) is 19.6. The van der Waals surface area contributed by atoms with Crippen LogP contribution in [0, 0.1) is 0 Å². The third kappa shape index (κ3) is 6.05. The number of likely N-dealkylation sites (tertiary alicyclic amines) is 1. The van der Waals surface area contributed by atoms with E-state index in [9.17, 15) is 4.79 Å². The standard InChI is InChI=1S/C19H29N7OS/c1-2-17-24-23-15-26(17)12-9-21-19(22-14-16-6-4-13-28-16)20-8-5-11-25-10-3-7-18(25)27/h4,6,13,15H,2-3,5,7-12,14H2,1H3,(H2,20,21,22). The maximum Gasteiger partial charge on any atom is 0.222 e. The Balaban J connectivity index is 1.46. The molecule has 1 aliphatic rings. The molecule has 0 bridgehead atoms. The molecule has 2 aromatic heterocycles. The maximum atomic E-state index is 11.7. The smallest absolute Gasteiger partial charge is 0.222 e. The number of carbonyl (C=O) groups excluding carboxylic acids is 1. The van der Waals surface area contributed by atoms with Gasteiger partial charge in [0.15, 0.2) is 5.96 Å². The minimum atomic E-state index is 0.283. The Bertz CT molecular complexity index is 756. The number of thiophene rings is 1. The Hall–Kier alpha value is -2.42. The van der Waals surface area contributed by atoms with Crippen LogP contribution in [0.2, 0.25) is 0 Å². The molecule has 2 N–H and O–H groups in total. The zero-order valence-electron chi connectivity index (χ0n) is 16.4. The van der Waals surface area contributed by atoms with Gasteiger partial charge in [-0.15, -0.1) is 21.5 Å². The number of hydrogen-bond donors (Lipinski definition) is 2. The molecule has 9 heteroatoms. The van der Waals surface area contributed by atoms with E-state index in [0.29, 0.717) is 13.0 Å². The summed E-state index contributed by atoms with van der Waals surface area (Å²) >= 11 is 1.71. The van der Waals surface area contributed by atoms with E-state index in [1.54, 1.807) is 17.7 Å². The summed E-state index contributed by atoms with van der Waals surface area (Å²) in [6.07, 6.45) is 5.24. The van der Waals surface area contributed by atoms with Crippen LogP contribution in [-0.2, 0) is 24.3 Å². The van der Waals surface area contributed by atoms with E-state index >= 15 is 0 Å². The van der Waals surface area contributed by atoms with Crippen LogP contribution < -0.4 is 10.6 Å². The van der Waals surface area contributed by atoms with Gasteiger partial charge in [0.25, 0.3) is 0 Å². The van der Waals surface area contributed by atoms with Gasteiger partial charge in [0.2, 0.25) is 5.91 Å². The van der Waals surface area contributed by atoms with Gasteiger partial charge in [-0.3, -0.25) is 4.79 Å². The van der Waals surface area contributed by atoms with E-state index in [2.05, 4.69) is 43.8 Å². The highest BCUT2D eigenvalue weighted by atomic mass is 32.1. The summed E-state index contributed by atoms with van der Waals surface area (Å²) < 4.78 is 2.06. The molecule has 0 aliphatic carbocycles. The second-order valence-corrected chi connectivity index (χ2v) is 7.76. The summed E-state index contributed by atoms with van der Waals surface area (Å²) in [6.45, 7) is 6.76. The van der Waals surface area contributed by atoms with E-state index in [1.807, 2.05) is 11.0 Å².